The molecule has 0 aliphatic heterocycles. The fourth-order valence-electron chi connectivity index (χ4n) is 2.02. The summed E-state index contributed by atoms with van der Waals surface area (Å²) in [5.74, 6) is 0.00669. The lowest BCUT2D eigenvalue weighted by Crippen LogP contribution is -2.12. The van der Waals surface area contributed by atoms with Gasteiger partial charge in [-0.05, 0) is 31.7 Å². The van der Waals surface area contributed by atoms with Crippen molar-refractivity contribution >= 4 is 46.5 Å². The van der Waals surface area contributed by atoms with Crippen LogP contribution >= 0.6 is 36.4 Å². The predicted octanol–water partition coefficient (Wildman–Crippen LogP) is 4.43. The summed E-state index contributed by atoms with van der Waals surface area (Å²) in [6.45, 7) is 0. The molecule has 0 heterocycles. The molecule has 18 heavy (non-hydrogen) atoms. The van der Waals surface area contributed by atoms with Gasteiger partial charge in [0.1, 0.15) is 15.9 Å². The Hall–Kier alpha value is -0.520. The highest BCUT2D eigenvalue weighted by Gasteiger charge is 2.19. The quantitative estimate of drug-likeness (QED) is 0.637. The molecule has 2 rings (SSSR count). The van der Waals surface area contributed by atoms with Crippen molar-refractivity contribution in [2.75, 3.05) is 5.32 Å². The molecule has 0 unspecified atom stereocenters. The maximum atomic E-state index is 13.6. The third kappa shape index (κ3) is 3.49. The van der Waals surface area contributed by atoms with E-state index in [1.165, 1.54) is 12.1 Å². The van der Waals surface area contributed by atoms with E-state index in [9.17, 15) is 4.39 Å². The number of thiocarbonyl (C=S) groups is 1. The fourth-order valence-corrected chi connectivity index (χ4v) is 2.44. The Kier molecular flexibility index (Phi) is 4.70. The zero-order valence-electron chi connectivity index (χ0n) is 9.58. The van der Waals surface area contributed by atoms with Gasteiger partial charge in [0.2, 0.25) is 0 Å². The number of ether oxygens (including phenoxy) is 1. The van der Waals surface area contributed by atoms with Crippen LogP contribution in [0.5, 0.6) is 5.75 Å². The number of thiol groups is 1. The number of benzene rings is 1. The summed E-state index contributed by atoms with van der Waals surface area (Å²) in [4.78, 5) is 0. The lowest BCUT2D eigenvalue weighted by molar-refractivity contribution is 0.210. The largest absolute Gasteiger partial charge is 0.489 e. The lowest BCUT2D eigenvalue weighted by atomic mass is 10.2. The Balaban J connectivity index is 2.20. The van der Waals surface area contributed by atoms with E-state index in [1.807, 2.05) is 0 Å². The Bertz CT molecular complexity index is 464. The topological polar surface area (TPSA) is 21.3 Å². The number of rotatable bonds is 3. The molecule has 1 aromatic carbocycles. The minimum Gasteiger partial charge on any atom is -0.489 e. The average Bonchev–Trinajstić information content (AvgIpc) is 2.77. The van der Waals surface area contributed by atoms with E-state index in [2.05, 4.69) is 17.9 Å². The van der Waals surface area contributed by atoms with Gasteiger partial charge in [0.25, 0.3) is 0 Å². The van der Waals surface area contributed by atoms with Crippen LogP contribution in [0, 0.1) is 5.82 Å². The van der Waals surface area contributed by atoms with Gasteiger partial charge in [-0.15, -0.1) is 12.6 Å². The molecule has 1 aliphatic carbocycles. The third-order valence-corrected chi connectivity index (χ3v) is 3.37. The van der Waals surface area contributed by atoms with E-state index in [1.54, 1.807) is 0 Å². The molecule has 6 heteroatoms. The number of hydrogen-bond acceptors (Lipinski definition) is 2. The maximum absolute atomic E-state index is 13.6. The molecule has 1 aromatic rings. The van der Waals surface area contributed by atoms with Gasteiger partial charge >= 0.3 is 0 Å². The van der Waals surface area contributed by atoms with Gasteiger partial charge in [-0.25, -0.2) is 4.39 Å². The Morgan fingerprint density at radius 2 is 2.11 bits per heavy atom. The highest BCUT2D eigenvalue weighted by molar-refractivity contribution is 8.11. The van der Waals surface area contributed by atoms with E-state index in [0.29, 0.717) is 5.75 Å². The number of hydrogen-bond donors (Lipinski definition) is 2. The van der Waals surface area contributed by atoms with Gasteiger partial charge in [0.05, 0.1) is 16.8 Å². The molecular weight excluding hydrogens is 293 g/mol. The second-order valence-corrected chi connectivity index (χ2v) is 5.78. The Labute approximate surface area is 121 Å². The average molecular weight is 306 g/mol. The molecule has 1 aliphatic rings. The molecule has 0 bridgehead atoms. The second-order valence-electron chi connectivity index (χ2n) is 4.22. The van der Waals surface area contributed by atoms with E-state index in [0.717, 1.165) is 25.7 Å². The normalized spacial score (nSPS) is 15.7. The Morgan fingerprint density at radius 1 is 1.44 bits per heavy atom. The summed E-state index contributed by atoms with van der Waals surface area (Å²) >= 11 is 14.7. The molecule has 2 nitrogen and oxygen atoms in total. The van der Waals surface area contributed by atoms with Gasteiger partial charge in [-0.2, -0.15) is 0 Å². The van der Waals surface area contributed by atoms with E-state index in [-0.39, 0.29) is 21.1 Å². The van der Waals surface area contributed by atoms with Crippen molar-refractivity contribution in [1.29, 1.82) is 0 Å². The number of anilines is 1. The second kappa shape index (κ2) is 6.08. The van der Waals surface area contributed by atoms with Gasteiger partial charge in [0.15, 0.2) is 0 Å². The first kappa shape index (κ1) is 13.9. The highest BCUT2D eigenvalue weighted by atomic mass is 35.5. The summed E-state index contributed by atoms with van der Waals surface area (Å²) < 4.78 is 19.6. The van der Waals surface area contributed by atoms with Crippen LogP contribution in [0.15, 0.2) is 12.1 Å². The van der Waals surface area contributed by atoms with Crippen molar-refractivity contribution < 1.29 is 9.13 Å². The summed E-state index contributed by atoms with van der Waals surface area (Å²) in [5.41, 5.74) is 0.229. The fraction of sp³-hybridized carbons (Fsp3) is 0.417. The van der Waals surface area contributed by atoms with Crippen LogP contribution in [0.4, 0.5) is 10.1 Å². The van der Waals surface area contributed by atoms with Crippen LogP contribution in [0.3, 0.4) is 0 Å². The number of nitrogens with one attached hydrogen (secondary N) is 1. The zero-order valence-corrected chi connectivity index (χ0v) is 12.0. The highest BCUT2D eigenvalue weighted by Crippen LogP contribution is 2.33. The first-order chi connectivity index (χ1) is 8.56. The summed E-state index contributed by atoms with van der Waals surface area (Å²) in [6.07, 6.45) is 4.52. The summed E-state index contributed by atoms with van der Waals surface area (Å²) in [7, 11) is 0. The van der Waals surface area contributed by atoms with E-state index >= 15 is 0 Å². The van der Waals surface area contributed by atoms with Crippen molar-refractivity contribution in [2.24, 2.45) is 0 Å². The zero-order chi connectivity index (χ0) is 13.1. The van der Waals surface area contributed by atoms with E-state index < -0.39 is 5.82 Å². The van der Waals surface area contributed by atoms with Crippen LogP contribution in [0.2, 0.25) is 5.02 Å². The molecule has 0 saturated heterocycles. The minimum absolute atomic E-state index is 0.170. The van der Waals surface area contributed by atoms with Crippen LogP contribution in [-0.2, 0) is 0 Å². The molecule has 98 valence electrons. The van der Waals surface area contributed by atoms with Crippen LogP contribution in [-0.4, -0.2) is 10.4 Å². The lowest BCUT2D eigenvalue weighted by Gasteiger charge is -2.16. The standard InChI is InChI=1S/C12H13ClFNOS2/c13-8-5-9(14)10(15-12(17)18)6-11(8)16-7-3-1-2-4-7/h5-7H,1-4H2,(H2,15,17,18). The van der Waals surface area contributed by atoms with Gasteiger partial charge in [-0.3, -0.25) is 0 Å². The minimum atomic E-state index is -0.477. The van der Waals surface area contributed by atoms with Crippen molar-refractivity contribution in [3.8, 4) is 5.75 Å². The molecule has 1 saturated carbocycles. The van der Waals surface area contributed by atoms with Crippen molar-refractivity contribution in [3.63, 3.8) is 0 Å². The third-order valence-electron chi connectivity index (χ3n) is 2.86. The molecule has 0 amide bonds. The van der Waals surface area contributed by atoms with Gasteiger partial charge in [0, 0.05) is 6.07 Å². The number of halogens is 2. The van der Waals surface area contributed by atoms with Crippen LogP contribution < -0.4 is 10.1 Å². The molecule has 0 spiro atoms. The van der Waals surface area contributed by atoms with Crippen molar-refractivity contribution in [1.82, 2.24) is 0 Å². The maximum Gasteiger partial charge on any atom is 0.148 e. The summed E-state index contributed by atoms with van der Waals surface area (Å²) in [6, 6.07) is 2.75. The molecule has 0 atom stereocenters. The van der Waals surface area contributed by atoms with Gasteiger partial charge in [-0.1, -0.05) is 23.8 Å². The molecule has 1 fully saturated rings. The predicted molar refractivity (Wildman–Crippen MR) is 79.5 cm³/mol. The first-order valence-electron chi connectivity index (χ1n) is 5.72. The summed E-state index contributed by atoms with van der Waals surface area (Å²) in [5, 5.41) is 2.92. The Morgan fingerprint density at radius 3 is 2.72 bits per heavy atom. The molecule has 1 N–H and O–H groups in total. The first-order valence-corrected chi connectivity index (χ1v) is 6.95. The molecule has 0 aromatic heterocycles. The van der Waals surface area contributed by atoms with Crippen LogP contribution in [0.1, 0.15) is 25.7 Å². The van der Waals surface area contributed by atoms with Crippen molar-refractivity contribution in [2.45, 2.75) is 31.8 Å². The van der Waals surface area contributed by atoms with Crippen molar-refractivity contribution in [3.05, 3.63) is 23.0 Å². The molecule has 0 radical (unpaired) electrons. The smallest absolute Gasteiger partial charge is 0.148 e. The monoisotopic (exact) mass is 305 g/mol. The van der Waals surface area contributed by atoms with Gasteiger partial charge < -0.3 is 10.1 Å². The molecular formula is C12H13ClFNOS2. The van der Waals surface area contributed by atoms with E-state index in [4.69, 9.17) is 28.6 Å². The SMILES string of the molecule is Fc1cc(Cl)c(OC2CCCC2)cc1NC(=S)S. The van der Waals surface area contributed by atoms with Crippen LogP contribution in [0.25, 0.3) is 0 Å².